The quantitative estimate of drug-likeness (QED) is 0.408. The van der Waals surface area contributed by atoms with Crippen molar-refractivity contribution in [1.29, 1.82) is 0 Å². The third kappa shape index (κ3) is 4.41. The van der Waals surface area contributed by atoms with Crippen LogP contribution in [-0.4, -0.2) is 14.7 Å². The summed E-state index contributed by atoms with van der Waals surface area (Å²) in [4.78, 5) is 29.7. The number of anilines is 2. The van der Waals surface area contributed by atoms with E-state index in [1.807, 2.05) is 0 Å². The number of rotatable bonds is 6. The van der Waals surface area contributed by atoms with E-state index in [1.54, 1.807) is 6.92 Å². The van der Waals surface area contributed by atoms with Crippen LogP contribution in [0.5, 0.6) is 0 Å². The van der Waals surface area contributed by atoms with E-state index in [0.29, 0.717) is 12.1 Å². The van der Waals surface area contributed by atoms with Crippen molar-refractivity contribution in [2.45, 2.75) is 19.5 Å². The number of nitro groups is 2. The summed E-state index contributed by atoms with van der Waals surface area (Å²) >= 11 is 0. The van der Waals surface area contributed by atoms with Gasteiger partial charge < -0.3 is 5.32 Å². The minimum atomic E-state index is -4.78. The number of hydrogen-bond donors (Lipinski definition) is 2. The fourth-order valence-corrected chi connectivity index (χ4v) is 3.02. The maximum absolute atomic E-state index is 12.8. The third-order valence-electron chi connectivity index (χ3n) is 3.78. The molecule has 2 aromatic carbocycles. The molecule has 2 N–H and O–H groups in total. The highest BCUT2D eigenvalue weighted by atomic mass is 31.1. The molecule has 13 heteroatoms. The zero-order valence-corrected chi connectivity index (χ0v) is 15.0. The molecule has 0 radical (unpaired) electrons. The van der Waals surface area contributed by atoms with Gasteiger partial charge in [0.2, 0.25) is 0 Å². The number of benzene rings is 2. The van der Waals surface area contributed by atoms with Crippen molar-refractivity contribution >= 4 is 36.1 Å². The molecular weight excluding hydrogens is 406 g/mol. The summed E-state index contributed by atoms with van der Waals surface area (Å²) < 4.78 is 49.9. The minimum Gasteiger partial charge on any atom is -0.350 e. The first-order valence-corrected chi connectivity index (χ1v) is 8.77. The molecule has 2 rings (SSSR count). The highest BCUT2D eigenvalue weighted by Gasteiger charge is 2.34. The van der Waals surface area contributed by atoms with Gasteiger partial charge >= 0.3 is 25.2 Å². The van der Waals surface area contributed by atoms with Crippen molar-refractivity contribution in [3.05, 3.63) is 61.7 Å². The summed E-state index contributed by atoms with van der Waals surface area (Å²) in [6.07, 6.45) is -4.58. The Balaban J connectivity index is 2.61. The van der Waals surface area contributed by atoms with Crippen molar-refractivity contribution in [1.82, 2.24) is 0 Å². The molecule has 0 aromatic heterocycles. The Bertz CT molecular complexity index is 980. The van der Waals surface area contributed by atoms with Crippen LogP contribution in [0.25, 0.3) is 0 Å². The number of nitro benzene ring substituents is 2. The Morgan fingerprint density at radius 2 is 1.68 bits per heavy atom. The third-order valence-corrected chi connectivity index (χ3v) is 4.55. The molecule has 0 aliphatic carbocycles. The van der Waals surface area contributed by atoms with Crippen molar-refractivity contribution in [2.75, 3.05) is 5.32 Å². The molecule has 9 nitrogen and oxygen atoms in total. The Kier molecular flexibility index (Phi) is 5.95. The Morgan fingerprint density at radius 3 is 2.14 bits per heavy atom. The Morgan fingerprint density at radius 1 is 1.07 bits per heavy atom. The predicted molar refractivity (Wildman–Crippen MR) is 93.3 cm³/mol. The summed E-state index contributed by atoms with van der Waals surface area (Å²) in [6, 6.07) is 3.86. The molecule has 0 saturated carbocycles. The molecule has 0 heterocycles. The highest BCUT2D eigenvalue weighted by molar-refractivity contribution is 7.47. The van der Waals surface area contributed by atoms with Crippen molar-refractivity contribution in [2.24, 2.45) is 0 Å². The first-order valence-electron chi connectivity index (χ1n) is 7.55. The second kappa shape index (κ2) is 7.87. The van der Waals surface area contributed by atoms with E-state index >= 15 is 0 Å². The van der Waals surface area contributed by atoms with E-state index in [2.05, 4.69) is 5.32 Å². The lowest BCUT2D eigenvalue weighted by molar-refractivity contribution is -0.384. The number of alkyl halides is 3. The standard InChI is InChI=1S/C15H11F3N3O6P/c1-2-8-5-13(21(24)25)14(28(26)27)7-11(8)19-10-4-3-9(15(16,17)18)6-12(10)20(22)23/h3-7,19H,2H2,1H3/p+1. The van der Waals surface area contributed by atoms with E-state index in [1.165, 1.54) is 0 Å². The first-order chi connectivity index (χ1) is 13.0. The zero-order valence-electron chi connectivity index (χ0n) is 14.1. The van der Waals surface area contributed by atoms with Gasteiger partial charge in [0.15, 0.2) is 0 Å². The van der Waals surface area contributed by atoms with Crippen molar-refractivity contribution in [3.8, 4) is 0 Å². The molecule has 0 fully saturated rings. The van der Waals surface area contributed by atoms with Gasteiger partial charge in [-0.15, -0.1) is 0 Å². The Hall–Kier alpha value is -3.11. The van der Waals surface area contributed by atoms with Crippen LogP contribution in [0.2, 0.25) is 0 Å². The lowest BCUT2D eigenvalue weighted by atomic mass is 10.1. The molecule has 2 aromatic rings. The molecular formula is C15H12F3N3O6P+. The second-order valence-electron chi connectivity index (χ2n) is 5.49. The van der Waals surface area contributed by atoms with Crippen molar-refractivity contribution in [3.63, 3.8) is 0 Å². The smallest absolute Gasteiger partial charge is 0.350 e. The van der Waals surface area contributed by atoms with Gasteiger partial charge in [0.1, 0.15) is 5.69 Å². The maximum atomic E-state index is 12.8. The maximum Gasteiger partial charge on any atom is 0.553 e. The van der Waals surface area contributed by atoms with Gasteiger partial charge in [-0.25, -0.2) is 0 Å². The second-order valence-corrected chi connectivity index (χ2v) is 6.52. The lowest BCUT2D eigenvalue weighted by Crippen LogP contribution is -2.10. The molecule has 0 saturated heterocycles. The monoisotopic (exact) mass is 418 g/mol. The van der Waals surface area contributed by atoms with Crippen LogP contribution >= 0.6 is 8.03 Å². The molecule has 1 atom stereocenters. The molecule has 0 aliphatic rings. The number of aryl methyl sites for hydroxylation is 1. The molecule has 0 amide bonds. The fraction of sp³-hybridized carbons (Fsp3) is 0.200. The SMILES string of the molecule is CCc1cc([N+](=O)[O-])c([P+](=O)O)cc1Nc1ccc(C(F)(F)F)cc1[N+](=O)[O-]. The van der Waals surface area contributed by atoms with E-state index in [4.69, 9.17) is 0 Å². The van der Waals surface area contributed by atoms with Crippen LogP contribution in [0, 0.1) is 20.2 Å². The van der Waals surface area contributed by atoms with Gasteiger partial charge in [0, 0.05) is 23.9 Å². The van der Waals surface area contributed by atoms with E-state index in [-0.39, 0.29) is 23.4 Å². The van der Waals surface area contributed by atoms with Crippen LogP contribution in [0.1, 0.15) is 18.1 Å². The summed E-state index contributed by atoms with van der Waals surface area (Å²) in [6.45, 7) is 1.62. The van der Waals surface area contributed by atoms with Gasteiger partial charge in [-0.1, -0.05) is 6.92 Å². The molecule has 1 unspecified atom stereocenters. The van der Waals surface area contributed by atoms with Crippen molar-refractivity contribution < 1.29 is 32.5 Å². The van der Waals surface area contributed by atoms with Crippen LogP contribution in [0.3, 0.4) is 0 Å². The summed E-state index contributed by atoms with van der Waals surface area (Å²) in [7, 11) is -3.11. The van der Waals surface area contributed by atoms with Gasteiger partial charge in [-0.3, -0.25) is 20.2 Å². The van der Waals surface area contributed by atoms with Crippen LogP contribution < -0.4 is 10.6 Å². The van der Waals surface area contributed by atoms with Crippen LogP contribution in [-0.2, 0) is 17.2 Å². The lowest BCUT2D eigenvalue weighted by Gasteiger charge is -2.13. The molecule has 148 valence electrons. The van der Waals surface area contributed by atoms with E-state index in [9.17, 15) is 42.9 Å². The fourth-order valence-electron chi connectivity index (χ4n) is 2.44. The van der Waals surface area contributed by atoms with Crippen LogP contribution in [0.4, 0.5) is 35.9 Å². The Labute approximate surface area is 156 Å². The summed E-state index contributed by atoms with van der Waals surface area (Å²) in [5, 5.41) is 24.3. The van der Waals surface area contributed by atoms with Crippen LogP contribution in [0.15, 0.2) is 30.3 Å². The molecule has 28 heavy (non-hydrogen) atoms. The average molecular weight is 418 g/mol. The molecule has 0 spiro atoms. The zero-order chi connectivity index (χ0) is 21.2. The topological polar surface area (TPSA) is 136 Å². The number of hydrogen-bond acceptors (Lipinski definition) is 6. The number of nitrogens with one attached hydrogen (secondary N) is 1. The van der Waals surface area contributed by atoms with Gasteiger partial charge in [-0.2, -0.15) is 18.1 Å². The van der Waals surface area contributed by atoms with E-state index < -0.39 is 46.3 Å². The normalized spacial score (nSPS) is 11.8. The minimum absolute atomic E-state index is 0.0309. The van der Waals surface area contributed by atoms with Gasteiger partial charge in [0.05, 0.1) is 15.4 Å². The van der Waals surface area contributed by atoms with Gasteiger partial charge in [-0.05, 0) is 28.7 Å². The van der Waals surface area contributed by atoms with E-state index in [0.717, 1.165) is 18.2 Å². The largest absolute Gasteiger partial charge is 0.553 e. The molecule has 0 bridgehead atoms. The first kappa shape index (κ1) is 21.2. The number of halogens is 3. The summed E-state index contributed by atoms with van der Waals surface area (Å²) in [5.41, 5.74) is -2.69. The summed E-state index contributed by atoms with van der Waals surface area (Å²) in [5.74, 6) is 0. The molecule has 0 aliphatic heterocycles. The van der Waals surface area contributed by atoms with Gasteiger partial charge in [0.25, 0.3) is 5.69 Å². The predicted octanol–water partition coefficient (Wildman–Crippen LogP) is 4.19. The number of nitrogens with zero attached hydrogens (tertiary/aromatic N) is 2. The highest BCUT2D eigenvalue weighted by Crippen LogP contribution is 2.37. The average Bonchev–Trinajstić information content (AvgIpc) is 2.60.